The van der Waals surface area contributed by atoms with Crippen LogP contribution in [0, 0.1) is 5.92 Å². The lowest BCUT2D eigenvalue weighted by Crippen LogP contribution is -2.44. The maximum absolute atomic E-state index is 11.8. The standard InChI is InChI=1S/C13H24N2O3/c1-3-15(9-13(17)18)8-12(16)14-11-6-4-10(2)5-7-11/h10-11H,3-9H2,1-2H3,(H,14,16)(H,17,18). The number of amides is 1. The van der Waals surface area contributed by atoms with Crippen molar-refractivity contribution in [2.45, 2.75) is 45.6 Å². The highest BCUT2D eigenvalue weighted by Crippen LogP contribution is 2.23. The topological polar surface area (TPSA) is 69.6 Å². The number of carbonyl (C=O) groups excluding carboxylic acids is 1. The van der Waals surface area contributed by atoms with E-state index >= 15 is 0 Å². The SMILES string of the molecule is CCN(CC(=O)O)CC(=O)NC1CCC(C)CC1. The van der Waals surface area contributed by atoms with E-state index in [1.54, 1.807) is 4.90 Å². The molecule has 5 heteroatoms. The van der Waals surface area contributed by atoms with Crippen molar-refractivity contribution in [1.29, 1.82) is 0 Å². The van der Waals surface area contributed by atoms with Crippen LogP contribution in [0.15, 0.2) is 0 Å². The molecule has 5 nitrogen and oxygen atoms in total. The van der Waals surface area contributed by atoms with Crippen LogP contribution in [0.4, 0.5) is 0 Å². The van der Waals surface area contributed by atoms with Crippen LogP contribution in [0.3, 0.4) is 0 Å². The monoisotopic (exact) mass is 256 g/mol. The summed E-state index contributed by atoms with van der Waals surface area (Å²) >= 11 is 0. The van der Waals surface area contributed by atoms with Crippen LogP contribution in [-0.4, -0.2) is 47.6 Å². The Hall–Kier alpha value is -1.10. The van der Waals surface area contributed by atoms with Gasteiger partial charge in [0.15, 0.2) is 0 Å². The molecule has 1 rings (SSSR count). The highest BCUT2D eigenvalue weighted by molar-refractivity contribution is 5.79. The van der Waals surface area contributed by atoms with E-state index in [0.717, 1.165) is 31.6 Å². The minimum atomic E-state index is -0.892. The van der Waals surface area contributed by atoms with Crippen LogP contribution < -0.4 is 5.32 Å². The van der Waals surface area contributed by atoms with Gasteiger partial charge in [0, 0.05) is 6.04 Å². The van der Waals surface area contributed by atoms with Crippen molar-refractivity contribution in [3.8, 4) is 0 Å². The normalized spacial score (nSPS) is 23.9. The molecule has 0 aromatic heterocycles. The number of aliphatic carboxylic acids is 1. The molecule has 0 saturated heterocycles. The Morgan fingerprint density at radius 3 is 2.33 bits per heavy atom. The quantitative estimate of drug-likeness (QED) is 0.746. The van der Waals surface area contributed by atoms with Crippen molar-refractivity contribution in [1.82, 2.24) is 10.2 Å². The molecular formula is C13H24N2O3. The van der Waals surface area contributed by atoms with E-state index in [1.165, 1.54) is 0 Å². The first-order chi connectivity index (χ1) is 8.51. The molecule has 1 aliphatic rings. The molecule has 1 amide bonds. The summed E-state index contributed by atoms with van der Waals surface area (Å²) < 4.78 is 0. The fourth-order valence-electron chi connectivity index (χ4n) is 2.35. The van der Waals surface area contributed by atoms with E-state index in [-0.39, 0.29) is 25.0 Å². The van der Waals surface area contributed by atoms with Crippen molar-refractivity contribution >= 4 is 11.9 Å². The molecule has 104 valence electrons. The molecule has 0 bridgehead atoms. The Morgan fingerprint density at radius 1 is 1.22 bits per heavy atom. The van der Waals surface area contributed by atoms with Gasteiger partial charge in [0.05, 0.1) is 13.1 Å². The molecule has 0 atom stereocenters. The zero-order chi connectivity index (χ0) is 13.5. The summed E-state index contributed by atoms with van der Waals surface area (Å²) in [5.74, 6) is -0.189. The lowest BCUT2D eigenvalue weighted by atomic mass is 9.87. The Balaban J connectivity index is 2.29. The van der Waals surface area contributed by atoms with Crippen LogP contribution in [0.5, 0.6) is 0 Å². The second-order valence-corrected chi connectivity index (χ2v) is 5.22. The number of carbonyl (C=O) groups is 2. The summed E-state index contributed by atoms with van der Waals surface area (Å²) in [5, 5.41) is 11.7. The first-order valence-electron chi connectivity index (χ1n) is 6.74. The summed E-state index contributed by atoms with van der Waals surface area (Å²) in [5.41, 5.74) is 0. The van der Waals surface area contributed by atoms with E-state index in [4.69, 9.17) is 5.11 Å². The molecule has 0 unspecified atom stereocenters. The van der Waals surface area contributed by atoms with Gasteiger partial charge in [-0.3, -0.25) is 14.5 Å². The van der Waals surface area contributed by atoms with Gasteiger partial charge in [-0.05, 0) is 38.1 Å². The van der Waals surface area contributed by atoms with E-state index in [0.29, 0.717) is 6.54 Å². The molecule has 1 fully saturated rings. The minimum absolute atomic E-state index is 0.0577. The fraction of sp³-hybridized carbons (Fsp3) is 0.846. The van der Waals surface area contributed by atoms with Crippen molar-refractivity contribution in [3.05, 3.63) is 0 Å². The van der Waals surface area contributed by atoms with Crippen molar-refractivity contribution < 1.29 is 14.7 Å². The number of likely N-dealkylation sites (N-methyl/N-ethyl adjacent to an activating group) is 1. The molecule has 0 spiro atoms. The first-order valence-corrected chi connectivity index (χ1v) is 6.74. The van der Waals surface area contributed by atoms with Crippen LogP contribution in [0.2, 0.25) is 0 Å². The third kappa shape index (κ3) is 5.49. The van der Waals surface area contributed by atoms with Gasteiger partial charge in [-0.25, -0.2) is 0 Å². The maximum Gasteiger partial charge on any atom is 0.317 e. The molecule has 0 heterocycles. The second kappa shape index (κ2) is 7.36. The first kappa shape index (κ1) is 15.0. The molecule has 18 heavy (non-hydrogen) atoms. The highest BCUT2D eigenvalue weighted by atomic mass is 16.4. The van der Waals surface area contributed by atoms with E-state index in [9.17, 15) is 9.59 Å². The third-order valence-electron chi connectivity index (χ3n) is 3.55. The number of rotatable bonds is 6. The molecule has 0 aromatic carbocycles. The molecule has 0 radical (unpaired) electrons. The van der Waals surface area contributed by atoms with Gasteiger partial charge in [-0.2, -0.15) is 0 Å². The Morgan fingerprint density at radius 2 is 1.83 bits per heavy atom. The fourth-order valence-corrected chi connectivity index (χ4v) is 2.35. The van der Waals surface area contributed by atoms with Gasteiger partial charge in [0.1, 0.15) is 0 Å². The van der Waals surface area contributed by atoms with Crippen molar-refractivity contribution in [2.75, 3.05) is 19.6 Å². The summed E-state index contributed by atoms with van der Waals surface area (Å²) in [6, 6.07) is 0.275. The molecule has 1 aliphatic carbocycles. The Bertz CT molecular complexity index is 286. The highest BCUT2D eigenvalue weighted by Gasteiger charge is 2.20. The van der Waals surface area contributed by atoms with Gasteiger partial charge in [0.2, 0.25) is 5.91 Å². The van der Waals surface area contributed by atoms with Crippen LogP contribution in [0.25, 0.3) is 0 Å². The third-order valence-corrected chi connectivity index (χ3v) is 3.55. The average Bonchev–Trinajstić information content (AvgIpc) is 2.30. The number of nitrogens with zero attached hydrogens (tertiary/aromatic N) is 1. The molecule has 2 N–H and O–H groups in total. The zero-order valence-electron chi connectivity index (χ0n) is 11.3. The van der Waals surface area contributed by atoms with Crippen molar-refractivity contribution in [2.24, 2.45) is 5.92 Å². The minimum Gasteiger partial charge on any atom is -0.480 e. The summed E-state index contributed by atoms with van der Waals surface area (Å²) in [6.45, 7) is 4.77. The molecule has 0 aliphatic heterocycles. The predicted molar refractivity (Wildman–Crippen MR) is 69.3 cm³/mol. The van der Waals surface area contributed by atoms with Crippen LogP contribution in [-0.2, 0) is 9.59 Å². The van der Waals surface area contributed by atoms with Crippen LogP contribution >= 0.6 is 0 Å². The number of carboxylic acid groups (broad SMARTS) is 1. The Labute approximate surface area is 109 Å². The predicted octanol–water partition coefficient (Wildman–Crippen LogP) is 1.09. The van der Waals surface area contributed by atoms with Crippen molar-refractivity contribution in [3.63, 3.8) is 0 Å². The lowest BCUT2D eigenvalue weighted by Gasteiger charge is -2.27. The molecule has 0 aromatic rings. The summed E-state index contributed by atoms with van der Waals surface area (Å²) in [7, 11) is 0. The van der Waals surface area contributed by atoms with Gasteiger partial charge in [-0.15, -0.1) is 0 Å². The number of nitrogens with one attached hydrogen (secondary N) is 1. The second-order valence-electron chi connectivity index (χ2n) is 5.22. The number of hydrogen-bond acceptors (Lipinski definition) is 3. The lowest BCUT2D eigenvalue weighted by molar-refractivity contribution is -0.138. The molecular weight excluding hydrogens is 232 g/mol. The summed E-state index contributed by atoms with van der Waals surface area (Å²) in [6.07, 6.45) is 4.41. The maximum atomic E-state index is 11.8. The van der Waals surface area contributed by atoms with Gasteiger partial charge < -0.3 is 10.4 Å². The van der Waals surface area contributed by atoms with Gasteiger partial charge in [0.25, 0.3) is 0 Å². The smallest absolute Gasteiger partial charge is 0.317 e. The average molecular weight is 256 g/mol. The number of hydrogen-bond donors (Lipinski definition) is 2. The summed E-state index contributed by atoms with van der Waals surface area (Å²) in [4.78, 5) is 24.0. The zero-order valence-corrected chi connectivity index (χ0v) is 11.3. The Kier molecular flexibility index (Phi) is 6.12. The van der Waals surface area contributed by atoms with Crippen LogP contribution in [0.1, 0.15) is 39.5 Å². The molecule has 1 saturated carbocycles. The van der Waals surface area contributed by atoms with E-state index < -0.39 is 5.97 Å². The van der Waals surface area contributed by atoms with E-state index in [1.807, 2.05) is 6.92 Å². The number of carboxylic acids is 1. The van der Waals surface area contributed by atoms with Gasteiger partial charge >= 0.3 is 5.97 Å². The van der Waals surface area contributed by atoms with E-state index in [2.05, 4.69) is 12.2 Å². The largest absolute Gasteiger partial charge is 0.480 e. The van der Waals surface area contributed by atoms with Gasteiger partial charge in [-0.1, -0.05) is 13.8 Å².